The number of ether oxygens (including phenoxy) is 2. The quantitative estimate of drug-likeness (QED) is 0.227. The lowest BCUT2D eigenvalue weighted by molar-refractivity contribution is -0.140. The number of carbonyl (C=O) groups excluding carboxylic acids is 1. The van der Waals surface area contributed by atoms with Crippen molar-refractivity contribution >= 4 is 70.0 Å². The minimum atomic E-state index is -0.352. The highest BCUT2D eigenvalue weighted by atomic mass is 79.9. The van der Waals surface area contributed by atoms with Crippen molar-refractivity contribution in [2.45, 2.75) is 20.1 Å². The van der Waals surface area contributed by atoms with Gasteiger partial charge in [-0.3, -0.25) is 4.79 Å². The number of carbonyl (C=O) groups is 1. The Labute approximate surface area is 180 Å². The number of hydrogen-bond donors (Lipinski definition) is 0. The summed E-state index contributed by atoms with van der Waals surface area (Å²) in [6.07, 6.45) is 0.402. The van der Waals surface area contributed by atoms with Gasteiger partial charge in [-0.2, -0.15) is 0 Å². The van der Waals surface area contributed by atoms with Crippen molar-refractivity contribution in [1.82, 2.24) is 9.97 Å². The molecule has 2 rings (SSSR count). The summed E-state index contributed by atoms with van der Waals surface area (Å²) < 4.78 is 13.8. The third kappa shape index (κ3) is 7.92. The number of aldehydes is 1. The third-order valence-electron chi connectivity index (χ3n) is 2.70. The number of pyridine rings is 2. The maximum atomic E-state index is 10.3. The lowest BCUT2D eigenvalue weighted by Gasteiger charge is -2.17. The second-order valence-electron chi connectivity index (χ2n) is 4.39. The highest BCUT2D eigenvalue weighted by molar-refractivity contribution is 9.11. The fourth-order valence-electron chi connectivity index (χ4n) is 1.64. The molecular formula is C16H16Br4N2O3. The summed E-state index contributed by atoms with van der Waals surface area (Å²) in [7, 11) is 0. The van der Waals surface area contributed by atoms with Gasteiger partial charge < -0.3 is 9.47 Å². The molecule has 0 aliphatic carbocycles. The molecule has 0 saturated carbocycles. The first-order valence-corrected chi connectivity index (χ1v) is 10.4. The number of hydrogen-bond acceptors (Lipinski definition) is 5. The van der Waals surface area contributed by atoms with Crippen molar-refractivity contribution in [2.24, 2.45) is 0 Å². The maximum Gasteiger partial charge on any atom is 0.186 e. The monoisotopic (exact) mass is 600 g/mol. The zero-order valence-electron chi connectivity index (χ0n) is 13.5. The van der Waals surface area contributed by atoms with E-state index in [1.807, 2.05) is 26.0 Å². The fourth-order valence-corrected chi connectivity index (χ4v) is 3.66. The number of aromatic nitrogens is 2. The van der Waals surface area contributed by atoms with E-state index in [9.17, 15) is 4.79 Å². The Bertz CT molecular complexity index is 695. The maximum absolute atomic E-state index is 10.3. The van der Waals surface area contributed by atoms with E-state index in [1.165, 1.54) is 0 Å². The second-order valence-corrected chi connectivity index (χ2v) is 7.52. The van der Waals surface area contributed by atoms with Crippen LogP contribution in [0.15, 0.2) is 42.7 Å². The molecule has 0 atom stereocenters. The standard InChI is InChI=1S/C10H13Br2NO2.C6H3Br2NO/c1-3-14-10(15-4-2)7-5-6-8(11)13-9(7)12;7-5-2-1-4(3-10)6(8)9-5/h5-6,10H,3-4H2,1-2H3;1-3H. The van der Waals surface area contributed by atoms with Crippen molar-refractivity contribution in [3.63, 3.8) is 0 Å². The minimum Gasteiger partial charge on any atom is -0.349 e. The molecule has 5 nitrogen and oxygen atoms in total. The molecular weight excluding hydrogens is 588 g/mol. The van der Waals surface area contributed by atoms with Crippen LogP contribution in [0.5, 0.6) is 0 Å². The van der Waals surface area contributed by atoms with E-state index in [0.717, 1.165) is 21.1 Å². The lowest BCUT2D eigenvalue weighted by Crippen LogP contribution is -2.10. The third-order valence-corrected chi connectivity index (χ3v) is 4.86. The van der Waals surface area contributed by atoms with Crippen molar-refractivity contribution in [2.75, 3.05) is 13.2 Å². The molecule has 0 N–H and O–H groups in total. The van der Waals surface area contributed by atoms with Gasteiger partial charge in [0.1, 0.15) is 18.4 Å². The van der Waals surface area contributed by atoms with Gasteiger partial charge in [0.05, 0.1) is 0 Å². The van der Waals surface area contributed by atoms with Crippen molar-refractivity contribution < 1.29 is 14.3 Å². The molecule has 2 aromatic heterocycles. The van der Waals surface area contributed by atoms with Gasteiger partial charge in [0.2, 0.25) is 0 Å². The Balaban J connectivity index is 0.000000271. The zero-order chi connectivity index (χ0) is 18.8. The summed E-state index contributed by atoms with van der Waals surface area (Å²) in [6, 6.07) is 7.20. The summed E-state index contributed by atoms with van der Waals surface area (Å²) in [4.78, 5) is 18.4. The molecule has 0 aliphatic rings. The van der Waals surface area contributed by atoms with E-state index in [0.29, 0.717) is 28.0 Å². The van der Waals surface area contributed by atoms with Gasteiger partial charge in [-0.25, -0.2) is 9.97 Å². The first kappa shape index (κ1) is 22.9. The van der Waals surface area contributed by atoms with Crippen LogP contribution in [0.3, 0.4) is 0 Å². The van der Waals surface area contributed by atoms with Gasteiger partial charge in [-0.1, -0.05) is 0 Å². The zero-order valence-corrected chi connectivity index (χ0v) is 19.9. The first-order chi connectivity index (χ1) is 11.9. The molecule has 0 amide bonds. The average molecular weight is 604 g/mol. The molecule has 136 valence electrons. The highest BCUT2D eigenvalue weighted by Gasteiger charge is 2.15. The normalized spacial score (nSPS) is 10.4. The van der Waals surface area contributed by atoms with Crippen LogP contribution in [0.2, 0.25) is 0 Å². The summed E-state index contributed by atoms with van der Waals surface area (Å²) in [6.45, 7) is 5.08. The van der Waals surface area contributed by atoms with Gasteiger partial charge in [0.15, 0.2) is 12.6 Å². The smallest absolute Gasteiger partial charge is 0.186 e. The Kier molecular flexibility index (Phi) is 11.2. The molecule has 0 fully saturated rings. The van der Waals surface area contributed by atoms with Crippen LogP contribution in [0.1, 0.15) is 36.1 Å². The lowest BCUT2D eigenvalue weighted by atomic mass is 10.3. The largest absolute Gasteiger partial charge is 0.349 e. The SMILES string of the molecule is CCOC(OCC)c1ccc(Br)nc1Br.O=Cc1ccc(Br)nc1Br. The average Bonchev–Trinajstić information content (AvgIpc) is 2.55. The minimum absolute atomic E-state index is 0.352. The molecule has 2 heterocycles. The Morgan fingerprint density at radius 2 is 1.44 bits per heavy atom. The number of nitrogens with zero attached hydrogens (tertiary/aromatic N) is 2. The molecule has 0 aliphatic heterocycles. The fraction of sp³-hybridized carbons (Fsp3) is 0.312. The highest BCUT2D eigenvalue weighted by Crippen LogP contribution is 2.27. The molecule has 0 saturated heterocycles. The Morgan fingerprint density at radius 1 is 0.920 bits per heavy atom. The Hall–Kier alpha value is -0.190. The molecule has 0 radical (unpaired) electrons. The van der Waals surface area contributed by atoms with E-state index in [1.54, 1.807) is 12.1 Å². The van der Waals surface area contributed by atoms with Crippen molar-refractivity contribution in [3.05, 3.63) is 53.8 Å². The molecule has 0 aromatic carbocycles. The Morgan fingerprint density at radius 3 is 1.88 bits per heavy atom. The van der Waals surface area contributed by atoms with E-state index in [-0.39, 0.29) is 6.29 Å². The van der Waals surface area contributed by atoms with E-state index in [2.05, 4.69) is 73.7 Å². The van der Waals surface area contributed by atoms with Crippen molar-refractivity contribution in [1.29, 1.82) is 0 Å². The summed E-state index contributed by atoms with van der Waals surface area (Å²) in [5.74, 6) is 0. The number of rotatable bonds is 6. The van der Waals surface area contributed by atoms with Gasteiger partial charge in [-0.05, 0) is 102 Å². The van der Waals surface area contributed by atoms with E-state index < -0.39 is 0 Å². The van der Waals surface area contributed by atoms with Gasteiger partial charge >= 0.3 is 0 Å². The summed E-state index contributed by atoms with van der Waals surface area (Å²) in [5.41, 5.74) is 1.46. The van der Waals surface area contributed by atoms with Crippen molar-refractivity contribution in [3.8, 4) is 0 Å². The van der Waals surface area contributed by atoms with Crippen LogP contribution >= 0.6 is 63.7 Å². The molecule has 0 spiro atoms. The van der Waals surface area contributed by atoms with E-state index >= 15 is 0 Å². The summed E-state index contributed by atoms with van der Waals surface area (Å²) in [5, 5.41) is 0. The molecule has 2 aromatic rings. The van der Waals surface area contributed by atoms with E-state index in [4.69, 9.17) is 9.47 Å². The van der Waals surface area contributed by atoms with Crippen LogP contribution in [0, 0.1) is 0 Å². The van der Waals surface area contributed by atoms with Crippen LogP contribution in [0.25, 0.3) is 0 Å². The van der Waals surface area contributed by atoms with Gasteiger partial charge in [0, 0.05) is 24.3 Å². The summed E-state index contributed by atoms with van der Waals surface area (Å²) >= 11 is 13.0. The first-order valence-electron chi connectivity index (χ1n) is 7.25. The topological polar surface area (TPSA) is 61.3 Å². The molecule has 0 unspecified atom stereocenters. The van der Waals surface area contributed by atoms with Crippen LogP contribution in [0.4, 0.5) is 0 Å². The van der Waals surface area contributed by atoms with Crippen LogP contribution < -0.4 is 0 Å². The predicted molar refractivity (Wildman–Crippen MR) is 111 cm³/mol. The van der Waals surface area contributed by atoms with Gasteiger partial charge in [-0.15, -0.1) is 0 Å². The molecule has 25 heavy (non-hydrogen) atoms. The number of halogens is 4. The van der Waals surface area contributed by atoms with Gasteiger partial charge in [0.25, 0.3) is 0 Å². The van der Waals surface area contributed by atoms with Crippen LogP contribution in [-0.2, 0) is 9.47 Å². The predicted octanol–water partition coefficient (Wildman–Crippen LogP) is 6.10. The molecule has 0 bridgehead atoms. The second kappa shape index (κ2) is 12.2. The van der Waals surface area contributed by atoms with Crippen LogP contribution in [-0.4, -0.2) is 29.5 Å². The molecule has 9 heteroatoms.